The maximum absolute atomic E-state index is 13.8. The molecule has 1 aliphatic rings. The Balaban J connectivity index is 1.60. The van der Waals surface area contributed by atoms with Crippen molar-refractivity contribution in [3.8, 4) is 17.0 Å². The number of thiophene rings is 1. The zero-order valence-electron chi connectivity index (χ0n) is 14.9. The molecular formula is C18H19F2N5OS. The number of nitrogens with one attached hydrogen (secondary N) is 1. The van der Waals surface area contributed by atoms with Crippen molar-refractivity contribution in [2.75, 3.05) is 25.5 Å². The molecule has 1 fully saturated rings. The number of benzene rings is 1. The second kappa shape index (κ2) is 6.65. The molecule has 0 aliphatic carbocycles. The van der Waals surface area contributed by atoms with E-state index in [-0.39, 0.29) is 24.7 Å². The van der Waals surface area contributed by atoms with Gasteiger partial charge in [0.15, 0.2) is 0 Å². The monoisotopic (exact) mass is 391 g/mol. The van der Waals surface area contributed by atoms with E-state index in [9.17, 15) is 13.9 Å². The largest absolute Gasteiger partial charge is 0.507 e. The fraction of sp³-hybridized carbons (Fsp3) is 0.389. The van der Waals surface area contributed by atoms with Crippen LogP contribution in [0, 0.1) is 6.92 Å². The SMILES string of the molecule is Cc1nc(N[C@H]2CN(C)CC(F)(F)C2)nnc1-c1ccc2sccc2c1O. The van der Waals surface area contributed by atoms with Crippen molar-refractivity contribution < 1.29 is 13.9 Å². The molecule has 2 N–H and O–H groups in total. The first-order chi connectivity index (χ1) is 12.8. The van der Waals surface area contributed by atoms with Gasteiger partial charge in [-0.25, -0.2) is 13.8 Å². The van der Waals surface area contributed by atoms with Crippen LogP contribution in [0.2, 0.25) is 0 Å². The number of anilines is 1. The Hall–Kier alpha value is -2.39. The van der Waals surface area contributed by atoms with E-state index in [1.165, 1.54) is 0 Å². The summed E-state index contributed by atoms with van der Waals surface area (Å²) >= 11 is 1.54. The summed E-state index contributed by atoms with van der Waals surface area (Å²) in [4.78, 5) is 5.96. The standard InChI is InChI=1S/C18H19F2N5OS/c1-10-15(13-3-4-14-12(16(13)26)5-6-27-14)23-24-17(21-10)22-11-7-18(19,20)9-25(2)8-11/h3-6,11,26H,7-9H2,1-2H3,(H,21,22,24)/t11-/m1/s1. The van der Waals surface area contributed by atoms with Crippen LogP contribution in [0.25, 0.3) is 21.3 Å². The fourth-order valence-corrected chi connectivity index (χ4v) is 4.33. The molecule has 0 spiro atoms. The topological polar surface area (TPSA) is 74.2 Å². The van der Waals surface area contributed by atoms with Gasteiger partial charge < -0.3 is 10.4 Å². The van der Waals surface area contributed by atoms with E-state index in [1.54, 1.807) is 36.3 Å². The number of piperidine rings is 1. The average Bonchev–Trinajstić information content (AvgIpc) is 3.04. The molecule has 1 aliphatic heterocycles. The van der Waals surface area contributed by atoms with Gasteiger partial charge in [0.05, 0.1) is 12.2 Å². The van der Waals surface area contributed by atoms with Crippen LogP contribution in [-0.4, -0.2) is 57.3 Å². The van der Waals surface area contributed by atoms with Crippen LogP contribution in [0.4, 0.5) is 14.7 Å². The van der Waals surface area contributed by atoms with E-state index >= 15 is 0 Å². The van der Waals surface area contributed by atoms with Crippen LogP contribution in [0.3, 0.4) is 0 Å². The van der Waals surface area contributed by atoms with Crippen molar-refractivity contribution in [1.29, 1.82) is 0 Å². The molecule has 27 heavy (non-hydrogen) atoms. The number of hydrogen-bond donors (Lipinski definition) is 2. The Labute approximate surface area is 158 Å². The summed E-state index contributed by atoms with van der Waals surface area (Å²) < 4.78 is 28.5. The van der Waals surface area contributed by atoms with Crippen LogP contribution >= 0.6 is 11.3 Å². The molecule has 1 aromatic carbocycles. The second-order valence-electron chi connectivity index (χ2n) is 6.96. The third-order valence-electron chi connectivity index (χ3n) is 4.63. The number of halogens is 2. The van der Waals surface area contributed by atoms with Gasteiger partial charge >= 0.3 is 0 Å². The van der Waals surface area contributed by atoms with Crippen LogP contribution in [0.1, 0.15) is 12.1 Å². The highest BCUT2D eigenvalue weighted by Gasteiger charge is 2.39. The van der Waals surface area contributed by atoms with Crippen molar-refractivity contribution in [3.63, 3.8) is 0 Å². The highest BCUT2D eigenvalue weighted by Crippen LogP contribution is 2.38. The molecule has 0 unspecified atom stereocenters. The quantitative estimate of drug-likeness (QED) is 0.712. The minimum atomic E-state index is -2.74. The second-order valence-corrected chi connectivity index (χ2v) is 7.91. The van der Waals surface area contributed by atoms with E-state index in [0.29, 0.717) is 23.5 Å². The van der Waals surface area contributed by atoms with Crippen molar-refractivity contribution in [2.45, 2.75) is 25.3 Å². The molecule has 0 bridgehead atoms. The Morgan fingerprint density at radius 3 is 2.85 bits per heavy atom. The summed E-state index contributed by atoms with van der Waals surface area (Å²) in [6.45, 7) is 2.00. The van der Waals surface area contributed by atoms with Gasteiger partial charge in [0.2, 0.25) is 5.95 Å². The Morgan fingerprint density at radius 2 is 2.11 bits per heavy atom. The zero-order chi connectivity index (χ0) is 19.2. The van der Waals surface area contributed by atoms with Crippen LogP contribution < -0.4 is 5.32 Å². The van der Waals surface area contributed by atoms with Crippen molar-refractivity contribution >= 4 is 27.4 Å². The third kappa shape index (κ3) is 3.57. The van der Waals surface area contributed by atoms with E-state index in [4.69, 9.17) is 0 Å². The van der Waals surface area contributed by atoms with Crippen molar-refractivity contribution in [3.05, 3.63) is 29.3 Å². The lowest BCUT2D eigenvalue weighted by molar-refractivity contribution is -0.0612. The molecule has 2 aromatic heterocycles. The lowest BCUT2D eigenvalue weighted by Gasteiger charge is -2.35. The van der Waals surface area contributed by atoms with Crippen molar-refractivity contribution in [1.82, 2.24) is 20.1 Å². The predicted octanol–water partition coefficient (Wildman–Crippen LogP) is 3.52. The number of alkyl halides is 2. The molecule has 142 valence electrons. The molecule has 0 radical (unpaired) electrons. The van der Waals surface area contributed by atoms with E-state index < -0.39 is 12.0 Å². The van der Waals surface area contributed by atoms with Gasteiger partial charge in [0.25, 0.3) is 5.92 Å². The number of aromatic nitrogens is 3. The van der Waals surface area contributed by atoms with Gasteiger partial charge in [0.1, 0.15) is 11.4 Å². The first kappa shape index (κ1) is 18.0. The Morgan fingerprint density at radius 1 is 1.30 bits per heavy atom. The molecule has 0 saturated carbocycles. The van der Waals surface area contributed by atoms with E-state index in [1.807, 2.05) is 17.5 Å². The average molecular weight is 391 g/mol. The normalized spacial score (nSPS) is 20.1. The first-order valence-corrected chi connectivity index (χ1v) is 9.44. The molecular weight excluding hydrogens is 372 g/mol. The molecule has 0 amide bonds. The maximum atomic E-state index is 13.8. The van der Waals surface area contributed by atoms with Gasteiger partial charge in [-0.3, -0.25) is 4.90 Å². The Kier molecular flexibility index (Phi) is 4.43. The number of aromatic hydroxyl groups is 1. The zero-order valence-corrected chi connectivity index (χ0v) is 15.7. The lowest BCUT2D eigenvalue weighted by atomic mass is 10.0. The number of aryl methyl sites for hydroxylation is 1. The van der Waals surface area contributed by atoms with E-state index in [0.717, 1.165) is 10.1 Å². The molecule has 1 atom stereocenters. The minimum Gasteiger partial charge on any atom is -0.507 e. The van der Waals surface area contributed by atoms with Gasteiger partial charge in [-0.05, 0) is 37.6 Å². The lowest BCUT2D eigenvalue weighted by Crippen LogP contribution is -2.50. The summed E-state index contributed by atoms with van der Waals surface area (Å²) in [5, 5.41) is 24.4. The molecule has 6 nitrogen and oxygen atoms in total. The summed E-state index contributed by atoms with van der Waals surface area (Å²) in [5.74, 6) is -2.39. The molecule has 9 heteroatoms. The molecule has 3 heterocycles. The summed E-state index contributed by atoms with van der Waals surface area (Å²) in [6.07, 6.45) is -0.267. The van der Waals surface area contributed by atoms with Crippen molar-refractivity contribution in [2.24, 2.45) is 0 Å². The van der Waals surface area contributed by atoms with Gasteiger partial charge in [0, 0.05) is 34.7 Å². The predicted molar refractivity (Wildman–Crippen MR) is 102 cm³/mol. The minimum absolute atomic E-state index is 0.141. The number of likely N-dealkylation sites (tertiary alicyclic amines) is 1. The maximum Gasteiger partial charge on any atom is 0.262 e. The molecule has 3 aromatic rings. The number of likely N-dealkylation sites (N-methyl/N-ethyl adjacent to an activating group) is 1. The number of hydrogen-bond acceptors (Lipinski definition) is 7. The highest BCUT2D eigenvalue weighted by atomic mass is 32.1. The molecule has 4 rings (SSSR count). The number of rotatable bonds is 3. The highest BCUT2D eigenvalue weighted by molar-refractivity contribution is 7.17. The first-order valence-electron chi connectivity index (χ1n) is 8.56. The smallest absolute Gasteiger partial charge is 0.262 e. The van der Waals surface area contributed by atoms with Crippen LogP contribution in [-0.2, 0) is 0 Å². The number of phenolic OH excluding ortho intramolecular Hbond substituents is 1. The van der Waals surface area contributed by atoms with Gasteiger partial charge in [-0.1, -0.05) is 0 Å². The number of phenols is 1. The summed E-state index contributed by atoms with van der Waals surface area (Å²) in [6, 6.07) is 5.10. The van der Waals surface area contributed by atoms with Crippen LogP contribution in [0.5, 0.6) is 5.75 Å². The summed E-state index contributed by atoms with van der Waals surface area (Å²) in [7, 11) is 1.67. The third-order valence-corrected chi connectivity index (χ3v) is 5.52. The summed E-state index contributed by atoms with van der Waals surface area (Å²) in [5.41, 5.74) is 1.58. The Bertz CT molecular complexity index is 993. The molecule has 1 saturated heterocycles. The van der Waals surface area contributed by atoms with Crippen LogP contribution in [0.15, 0.2) is 23.6 Å². The number of nitrogens with zero attached hydrogens (tertiary/aromatic N) is 4. The fourth-order valence-electron chi connectivity index (χ4n) is 3.54. The van der Waals surface area contributed by atoms with Gasteiger partial charge in [-0.15, -0.1) is 21.5 Å². The number of fused-ring (bicyclic) bond motifs is 1. The van der Waals surface area contributed by atoms with E-state index in [2.05, 4.69) is 20.5 Å². The van der Waals surface area contributed by atoms with Gasteiger partial charge in [-0.2, -0.15) is 0 Å².